The number of hydrogen-bond donors (Lipinski definition) is 2. The summed E-state index contributed by atoms with van der Waals surface area (Å²) in [6.07, 6.45) is 4.93. The van der Waals surface area contributed by atoms with E-state index in [1.807, 2.05) is 12.1 Å². The summed E-state index contributed by atoms with van der Waals surface area (Å²) in [6.45, 7) is 2.14. The Morgan fingerprint density at radius 3 is 2.79 bits per heavy atom. The number of thiophene rings is 1. The molecule has 1 atom stereocenters. The lowest BCUT2D eigenvalue weighted by molar-refractivity contribution is -0.139. The van der Waals surface area contributed by atoms with Crippen LogP contribution in [0.2, 0.25) is 0 Å². The Hall–Kier alpha value is -3.00. The Balaban J connectivity index is 1.53. The van der Waals surface area contributed by atoms with Crippen LogP contribution in [0.15, 0.2) is 30.6 Å². The molecule has 1 aromatic carbocycles. The number of hydrogen-bond acceptors (Lipinski definition) is 7. The second-order valence-corrected chi connectivity index (χ2v) is 8.30. The summed E-state index contributed by atoms with van der Waals surface area (Å²) in [5.41, 5.74) is 2.66. The Labute approximate surface area is 172 Å². The second kappa shape index (κ2) is 8.16. The topological polar surface area (TPSA) is 93.2 Å². The molecule has 0 fully saturated rings. The van der Waals surface area contributed by atoms with E-state index in [0.29, 0.717) is 11.5 Å². The zero-order valence-corrected chi connectivity index (χ0v) is 17.1. The molecule has 0 bridgehead atoms. The highest BCUT2D eigenvalue weighted by molar-refractivity contribution is 7.19. The number of fused-ring (bicyclic) bond motifs is 3. The Morgan fingerprint density at radius 2 is 2.03 bits per heavy atom. The van der Waals surface area contributed by atoms with Crippen molar-refractivity contribution in [2.45, 2.75) is 26.2 Å². The van der Waals surface area contributed by atoms with E-state index in [0.717, 1.165) is 34.6 Å². The number of methoxy groups -OCH3 is 1. The lowest BCUT2D eigenvalue weighted by atomic mass is 9.89. The van der Waals surface area contributed by atoms with Gasteiger partial charge in [-0.15, -0.1) is 11.3 Å². The number of nitrogens with one attached hydrogen (secondary N) is 2. The lowest BCUT2D eigenvalue weighted by Crippen LogP contribution is -2.30. The Kier molecular flexibility index (Phi) is 5.44. The molecule has 2 N–H and O–H groups in total. The summed E-state index contributed by atoms with van der Waals surface area (Å²) in [5, 5.41) is 7.00. The van der Waals surface area contributed by atoms with Crippen molar-refractivity contribution < 1.29 is 14.3 Å². The molecule has 1 amide bonds. The van der Waals surface area contributed by atoms with Gasteiger partial charge in [0.15, 0.2) is 0 Å². The standard InChI is InChI=1S/C21H22N4O3S/c1-12-3-8-15-16(9-12)29-21-18(15)19(23-11-24-21)25-14-6-4-13(5-7-14)20(27)22-10-17(26)28-2/h4-7,11-12H,3,8-10H2,1-2H3,(H,22,27)(H,23,24,25)/t12-/m1/s1. The van der Waals surface area contributed by atoms with Crippen molar-refractivity contribution in [2.24, 2.45) is 5.92 Å². The number of anilines is 2. The Morgan fingerprint density at radius 1 is 1.24 bits per heavy atom. The molecule has 29 heavy (non-hydrogen) atoms. The van der Waals surface area contributed by atoms with Crippen molar-refractivity contribution in [1.29, 1.82) is 0 Å². The fourth-order valence-electron chi connectivity index (χ4n) is 3.54. The number of nitrogens with zero attached hydrogens (tertiary/aromatic N) is 2. The molecule has 1 aliphatic carbocycles. The van der Waals surface area contributed by atoms with Gasteiger partial charge in [0.2, 0.25) is 0 Å². The van der Waals surface area contributed by atoms with Gasteiger partial charge in [-0.2, -0.15) is 0 Å². The van der Waals surface area contributed by atoms with Crippen molar-refractivity contribution in [3.8, 4) is 0 Å². The van der Waals surface area contributed by atoms with E-state index < -0.39 is 5.97 Å². The molecular formula is C21H22N4O3S. The molecule has 0 saturated carbocycles. The molecule has 0 radical (unpaired) electrons. The first-order valence-corrected chi connectivity index (χ1v) is 10.3. The van der Waals surface area contributed by atoms with Gasteiger partial charge < -0.3 is 15.4 Å². The first-order chi connectivity index (χ1) is 14.0. The molecule has 4 rings (SSSR count). The molecular weight excluding hydrogens is 388 g/mol. The average molecular weight is 410 g/mol. The molecule has 2 heterocycles. The van der Waals surface area contributed by atoms with Crippen molar-refractivity contribution in [3.05, 3.63) is 46.6 Å². The minimum Gasteiger partial charge on any atom is -0.468 e. The Bertz CT molecular complexity index is 1060. The SMILES string of the molecule is COC(=O)CNC(=O)c1ccc(Nc2ncnc3sc4c(c23)CC[C@@H](C)C4)cc1. The number of aromatic nitrogens is 2. The largest absolute Gasteiger partial charge is 0.468 e. The van der Waals surface area contributed by atoms with E-state index >= 15 is 0 Å². The maximum absolute atomic E-state index is 12.1. The van der Waals surface area contributed by atoms with Gasteiger partial charge >= 0.3 is 5.97 Å². The summed E-state index contributed by atoms with van der Waals surface area (Å²) in [4.78, 5) is 34.6. The van der Waals surface area contributed by atoms with Gasteiger partial charge in [-0.1, -0.05) is 6.92 Å². The minimum absolute atomic E-state index is 0.157. The summed E-state index contributed by atoms with van der Waals surface area (Å²) >= 11 is 1.76. The quantitative estimate of drug-likeness (QED) is 0.626. The van der Waals surface area contributed by atoms with E-state index in [1.54, 1.807) is 29.8 Å². The van der Waals surface area contributed by atoms with Gasteiger partial charge in [0.1, 0.15) is 23.5 Å². The third-order valence-electron chi connectivity index (χ3n) is 5.12. The van der Waals surface area contributed by atoms with E-state index in [1.165, 1.54) is 24.0 Å². The van der Waals surface area contributed by atoms with Crippen LogP contribution < -0.4 is 10.6 Å². The number of esters is 1. The van der Waals surface area contributed by atoms with E-state index in [4.69, 9.17) is 0 Å². The summed E-state index contributed by atoms with van der Waals surface area (Å²) in [5.74, 6) is 0.688. The second-order valence-electron chi connectivity index (χ2n) is 7.22. The third-order valence-corrected chi connectivity index (χ3v) is 6.28. The third kappa shape index (κ3) is 4.07. The molecule has 7 nitrogen and oxygen atoms in total. The zero-order chi connectivity index (χ0) is 20.4. The van der Waals surface area contributed by atoms with Crippen LogP contribution in [0.5, 0.6) is 0 Å². The first-order valence-electron chi connectivity index (χ1n) is 9.52. The van der Waals surface area contributed by atoms with Crippen LogP contribution in [-0.4, -0.2) is 35.5 Å². The zero-order valence-electron chi connectivity index (χ0n) is 16.3. The number of carbonyl (C=O) groups is 2. The molecule has 3 aromatic rings. The number of rotatable bonds is 5. The molecule has 8 heteroatoms. The van der Waals surface area contributed by atoms with Crippen molar-refractivity contribution in [1.82, 2.24) is 15.3 Å². The van der Waals surface area contributed by atoms with Crippen molar-refractivity contribution in [2.75, 3.05) is 19.0 Å². The highest BCUT2D eigenvalue weighted by Gasteiger charge is 2.23. The van der Waals surface area contributed by atoms with Crippen molar-refractivity contribution >= 4 is 44.9 Å². The fourth-order valence-corrected chi connectivity index (χ4v) is 4.89. The monoisotopic (exact) mass is 410 g/mol. The van der Waals surface area contributed by atoms with Crippen LogP contribution in [0.4, 0.5) is 11.5 Å². The van der Waals surface area contributed by atoms with Crippen LogP contribution in [0, 0.1) is 5.92 Å². The molecule has 2 aromatic heterocycles. The van der Waals surface area contributed by atoms with Gasteiger partial charge in [-0.25, -0.2) is 9.97 Å². The highest BCUT2D eigenvalue weighted by Crippen LogP contribution is 2.40. The lowest BCUT2D eigenvalue weighted by Gasteiger charge is -2.18. The highest BCUT2D eigenvalue weighted by atomic mass is 32.1. The number of ether oxygens (including phenoxy) is 1. The number of benzene rings is 1. The van der Waals surface area contributed by atoms with E-state index in [-0.39, 0.29) is 12.5 Å². The summed E-state index contributed by atoms with van der Waals surface area (Å²) in [7, 11) is 1.28. The van der Waals surface area contributed by atoms with Gasteiger partial charge in [-0.3, -0.25) is 9.59 Å². The molecule has 0 spiro atoms. The molecule has 150 valence electrons. The van der Waals surface area contributed by atoms with Crippen LogP contribution in [-0.2, 0) is 22.4 Å². The molecule has 0 aliphatic heterocycles. The summed E-state index contributed by atoms with van der Waals surface area (Å²) in [6, 6.07) is 7.06. The van der Waals surface area contributed by atoms with Gasteiger partial charge in [0.25, 0.3) is 5.91 Å². The van der Waals surface area contributed by atoms with Gasteiger partial charge in [-0.05, 0) is 55.0 Å². The first kappa shape index (κ1) is 19.3. The number of carbonyl (C=O) groups excluding carboxylic acids is 2. The van der Waals surface area contributed by atoms with Crippen LogP contribution in [0.25, 0.3) is 10.2 Å². The minimum atomic E-state index is -0.488. The van der Waals surface area contributed by atoms with Gasteiger partial charge in [0, 0.05) is 16.1 Å². The normalized spacial score (nSPS) is 15.6. The van der Waals surface area contributed by atoms with Crippen molar-refractivity contribution in [3.63, 3.8) is 0 Å². The van der Waals surface area contributed by atoms with E-state index in [2.05, 4.69) is 32.3 Å². The van der Waals surface area contributed by atoms with Crippen LogP contribution >= 0.6 is 11.3 Å². The number of aryl methyl sites for hydroxylation is 1. The van der Waals surface area contributed by atoms with Gasteiger partial charge in [0.05, 0.1) is 12.5 Å². The van der Waals surface area contributed by atoms with Crippen LogP contribution in [0.3, 0.4) is 0 Å². The predicted molar refractivity (Wildman–Crippen MR) is 113 cm³/mol. The predicted octanol–water partition coefficient (Wildman–Crippen LogP) is 3.46. The maximum Gasteiger partial charge on any atom is 0.325 e. The number of amides is 1. The average Bonchev–Trinajstić information content (AvgIpc) is 3.10. The smallest absolute Gasteiger partial charge is 0.325 e. The molecule has 0 unspecified atom stereocenters. The van der Waals surface area contributed by atoms with E-state index in [9.17, 15) is 9.59 Å². The maximum atomic E-state index is 12.1. The van der Waals surface area contributed by atoms with Crippen LogP contribution in [0.1, 0.15) is 34.1 Å². The molecule has 0 saturated heterocycles. The molecule has 1 aliphatic rings. The fraction of sp³-hybridized carbons (Fsp3) is 0.333. The summed E-state index contributed by atoms with van der Waals surface area (Å²) < 4.78 is 4.52.